The van der Waals surface area contributed by atoms with Crippen LogP contribution in [0.25, 0.3) is 0 Å². The molecule has 5 heteroatoms. The second-order valence-electron chi connectivity index (χ2n) is 4.84. The van der Waals surface area contributed by atoms with Crippen LogP contribution in [0, 0.1) is 6.92 Å². The second kappa shape index (κ2) is 7.26. The van der Waals surface area contributed by atoms with Gasteiger partial charge < -0.3 is 9.47 Å². The van der Waals surface area contributed by atoms with Crippen molar-refractivity contribution >= 4 is 12.4 Å². The number of hydrogen-bond donors (Lipinski definition) is 0. The highest BCUT2D eigenvalue weighted by atomic mass is 16.5. The Morgan fingerprint density at radius 3 is 2.80 bits per heavy atom. The van der Waals surface area contributed by atoms with Gasteiger partial charge in [-0.2, -0.15) is 5.10 Å². The van der Waals surface area contributed by atoms with E-state index in [4.69, 9.17) is 9.47 Å². The number of nitrogens with zero attached hydrogens (tertiary/aromatic N) is 3. The summed E-state index contributed by atoms with van der Waals surface area (Å²) in [6.07, 6.45) is 0. The smallest absolute Gasteiger partial charge is 0.144 e. The lowest BCUT2D eigenvalue weighted by atomic mass is 10.1. The van der Waals surface area contributed by atoms with Gasteiger partial charge in [-0.05, 0) is 18.6 Å². The minimum atomic E-state index is 0.796. The molecular formula is C15H23N3O2. The van der Waals surface area contributed by atoms with E-state index in [9.17, 15) is 0 Å². The van der Waals surface area contributed by atoms with Crippen LogP contribution in [-0.2, 0) is 4.74 Å². The average molecular weight is 277 g/mol. The van der Waals surface area contributed by atoms with E-state index >= 15 is 0 Å². The van der Waals surface area contributed by atoms with Crippen molar-refractivity contribution < 1.29 is 9.47 Å². The Morgan fingerprint density at radius 1 is 1.40 bits per heavy atom. The summed E-state index contributed by atoms with van der Waals surface area (Å²) in [5.74, 6) is 0.833. The van der Waals surface area contributed by atoms with E-state index < -0.39 is 0 Å². The third-order valence-electron chi connectivity index (χ3n) is 3.58. The first-order chi connectivity index (χ1) is 9.76. The highest BCUT2D eigenvalue weighted by Gasteiger charge is 2.16. The molecule has 0 aliphatic carbocycles. The summed E-state index contributed by atoms with van der Waals surface area (Å²) < 4.78 is 10.8. The van der Waals surface area contributed by atoms with Crippen molar-refractivity contribution in [2.24, 2.45) is 5.10 Å². The summed E-state index contributed by atoms with van der Waals surface area (Å²) >= 11 is 0. The number of rotatable bonds is 6. The van der Waals surface area contributed by atoms with Gasteiger partial charge in [0.15, 0.2) is 0 Å². The zero-order valence-electron chi connectivity index (χ0n) is 12.3. The first-order valence-electron chi connectivity index (χ1n) is 6.94. The van der Waals surface area contributed by atoms with Gasteiger partial charge in [0, 0.05) is 26.4 Å². The third-order valence-corrected chi connectivity index (χ3v) is 3.58. The van der Waals surface area contributed by atoms with Crippen molar-refractivity contribution in [3.63, 3.8) is 0 Å². The lowest BCUT2D eigenvalue weighted by Gasteiger charge is -2.29. The maximum atomic E-state index is 5.44. The fraction of sp³-hybridized carbons (Fsp3) is 0.533. The Kier molecular flexibility index (Phi) is 5.38. The van der Waals surface area contributed by atoms with Crippen molar-refractivity contribution in [1.82, 2.24) is 4.90 Å². The predicted octanol–water partition coefficient (Wildman–Crippen LogP) is 1.76. The van der Waals surface area contributed by atoms with E-state index in [0.717, 1.165) is 56.4 Å². The molecule has 1 saturated heterocycles. The summed E-state index contributed by atoms with van der Waals surface area (Å²) in [5.41, 5.74) is 2.14. The topological polar surface area (TPSA) is 37.3 Å². The zero-order chi connectivity index (χ0) is 14.4. The minimum absolute atomic E-state index is 0.796. The molecular weight excluding hydrogens is 254 g/mol. The van der Waals surface area contributed by atoms with Crippen LogP contribution >= 0.6 is 0 Å². The monoisotopic (exact) mass is 277 g/mol. The fourth-order valence-corrected chi connectivity index (χ4v) is 2.44. The van der Waals surface area contributed by atoms with Crippen molar-refractivity contribution in [1.29, 1.82) is 0 Å². The molecule has 2 rings (SSSR count). The number of ether oxygens (including phenoxy) is 2. The van der Waals surface area contributed by atoms with Gasteiger partial charge in [-0.1, -0.05) is 12.1 Å². The van der Waals surface area contributed by atoms with Gasteiger partial charge in [-0.3, -0.25) is 9.91 Å². The maximum absolute atomic E-state index is 5.44. The van der Waals surface area contributed by atoms with E-state index in [1.807, 2.05) is 17.1 Å². The molecule has 20 heavy (non-hydrogen) atoms. The number of hydrazone groups is 1. The second-order valence-corrected chi connectivity index (χ2v) is 4.84. The Hall–Kier alpha value is -1.59. The van der Waals surface area contributed by atoms with Gasteiger partial charge in [-0.25, -0.2) is 0 Å². The van der Waals surface area contributed by atoms with Crippen LogP contribution in [0.2, 0.25) is 0 Å². The molecule has 1 fully saturated rings. The molecule has 0 saturated carbocycles. The van der Waals surface area contributed by atoms with Crippen molar-refractivity contribution in [2.45, 2.75) is 6.92 Å². The number of para-hydroxylation sites is 1. The summed E-state index contributed by atoms with van der Waals surface area (Å²) in [6, 6.07) is 6.00. The lowest BCUT2D eigenvalue weighted by molar-refractivity contribution is 0.0392. The quantitative estimate of drug-likeness (QED) is 0.586. The molecule has 0 bridgehead atoms. The first-order valence-corrected chi connectivity index (χ1v) is 6.94. The standard InChI is InChI=1S/C15H23N3O2/c1-13-5-4-6-14(19-3)15(13)18(16-2)8-7-17-9-11-20-12-10-17/h4-6H,2,7-12H2,1,3H3. The van der Waals surface area contributed by atoms with Gasteiger partial charge in [-0.15, -0.1) is 0 Å². The van der Waals surface area contributed by atoms with Crippen LogP contribution in [0.15, 0.2) is 23.3 Å². The number of methoxy groups -OCH3 is 1. The lowest BCUT2D eigenvalue weighted by Crippen LogP contribution is -2.40. The van der Waals surface area contributed by atoms with Crippen LogP contribution in [0.4, 0.5) is 5.69 Å². The molecule has 1 aliphatic heterocycles. The molecule has 1 aliphatic rings. The molecule has 0 aromatic heterocycles. The highest BCUT2D eigenvalue weighted by Crippen LogP contribution is 2.31. The highest BCUT2D eigenvalue weighted by molar-refractivity contribution is 5.63. The van der Waals surface area contributed by atoms with Crippen molar-refractivity contribution in [3.05, 3.63) is 23.8 Å². The van der Waals surface area contributed by atoms with E-state index in [0.29, 0.717) is 0 Å². The van der Waals surface area contributed by atoms with Crippen LogP contribution in [0.1, 0.15) is 5.56 Å². The maximum Gasteiger partial charge on any atom is 0.144 e. The van der Waals surface area contributed by atoms with Crippen LogP contribution in [0.3, 0.4) is 0 Å². The Balaban J connectivity index is 2.05. The summed E-state index contributed by atoms with van der Waals surface area (Å²) in [4.78, 5) is 2.38. The molecule has 0 spiro atoms. The molecule has 0 unspecified atom stereocenters. The first kappa shape index (κ1) is 14.8. The van der Waals surface area contributed by atoms with E-state index in [1.54, 1.807) is 7.11 Å². The van der Waals surface area contributed by atoms with Gasteiger partial charge in [0.25, 0.3) is 0 Å². The minimum Gasteiger partial charge on any atom is -0.495 e. The molecule has 0 N–H and O–H groups in total. The molecule has 1 aromatic carbocycles. The third kappa shape index (κ3) is 3.49. The molecule has 1 aromatic rings. The van der Waals surface area contributed by atoms with Gasteiger partial charge >= 0.3 is 0 Å². The molecule has 0 amide bonds. The largest absolute Gasteiger partial charge is 0.495 e. The molecule has 0 radical (unpaired) electrons. The molecule has 5 nitrogen and oxygen atoms in total. The van der Waals surface area contributed by atoms with Gasteiger partial charge in [0.2, 0.25) is 0 Å². The van der Waals surface area contributed by atoms with Gasteiger partial charge in [0.05, 0.1) is 26.9 Å². The van der Waals surface area contributed by atoms with E-state index in [-0.39, 0.29) is 0 Å². The SMILES string of the molecule is C=NN(CCN1CCOCC1)c1c(C)cccc1OC. The number of benzene rings is 1. The summed E-state index contributed by atoms with van der Waals surface area (Å²) in [6.45, 7) is 11.1. The normalized spacial score (nSPS) is 15.9. The number of morpholine rings is 1. The molecule has 1 heterocycles. The summed E-state index contributed by atoms with van der Waals surface area (Å²) in [7, 11) is 1.68. The molecule has 110 valence electrons. The Morgan fingerprint density at radius 2 is 2.15 bits per heavy atom. The van der Waals surface area contributed by atoms with Gasteiger partial charge in [0.1, 0.15) is 11.4 Å². The zero-order valence-corrected chi connectivity index (χ0v) is 12.3. The number of hydrogen-bond acceptors (Lipinski definition) is 5. The van der Waals surface area contributed by atoms with E-state index in [1.165, 1.54) is 0 Å². The van der Waals surface area contributed by atoms with Crippen LogP contribution in [0.5, 0.6) is 5.75 Å². The number of aryl methyl sites for hydroxylation is 1. The van der Waals surface area contributed by atoms with Crippen molar-refractivity contribution in [2.75, 3.05) is 51.5 Å². The number of anilines is 1. The van der Waals surface area contributed by atoms with Crippen molar-refractivity contribution in [3.8, 4) is 5.75 Å². The van der Waals surface area contributed by atoms with Crippen LogP contribution < -0.4 is 9.75 Å². The predicted molar refractivity (Wildman–Crippen MR) is 81.9 cm³/mol. The molecule has 0 atom stereocenters. The Bertz CT molecular complexity index is 445. The van der Waals surface area contributed by atoms with Crippen LogP contribution in [-0.4, -0.2) is 58.1 Å². The fourth-order valence-electron chi connectivity index (χ4n) is 2.44. The Labute approximate surface area is 120 Å². The van der Waals surface area contributed by atoms with E-state index in [2.05, 4.69) is 29.7 Å². The summed E-state index contributed by atoms with van der Waals surface area (Å²) in [5, 5.41) is 6.08. The average Bonchev–Trinajstić information content (AvgIpc) is 2.50.